The van der Waals surface area contributed by atoms with Gasteiger partial charge in [-0.2, -0.15) is 0 Å². The van der Waals surface area contributed by atoms with Crippen molar-refractivity contribution in [2.45, 2.75) is 38.8 Å². The number of hydrogen-bond acceptors (Lipinski definition) is 7. The third-order valence-electron chi connectivity index (χ3n) is 6.09. The van der Waals surface area contributed by atoms with Crippen LogP contribution < -0.4 is 4.90 Å². The van der Waals surface area contributed by atoms with E-state index in [0.717, 1.165) is 36.9 Å². The van der Waals surface area contributed by atoms with Crippen molar-refractivity contribution in [1.82, 2.24) is 29.5 Å². The number of rotatable bonds is 4. The molecule has 26 heavy (non-hydrogen) atoms. The minimum atomic E-state index is 0.497. The lowest BCUT2D eigenvalue weighted by Crippen LogP contribution is -2.38. The molecular formula is C18H23N7S. The molecule has 1 saturated carbocycles. The Balaban J connectivity index is 1.25. The summed E-state index contributed by atoms with van der Waals surface area (Å²) in [5, 5.41) is 11.4. The summed E-state index contributed by atoms with van der Waals surface area (Å²) in [5.41, 5.74) is 1.37. The highest BCUT2D eigenvalue weighted by molar-refractivity contribution is 7.09. The first-order chi connectivity index (χ1) is 12.6. The number of fused-ring (bicyclic) bond motifs is 1. The highest BCUT2D eigenvalue weighted by Crippen LogP contribution is 2.56. The molecule has 1 atom stereocenters. The van der Waals surface area contributed by atoms with Gasteiger partial charge in [-0.15, -0.1) is 21.5 Å². The van der Waals surface area contributed by atoms with Crippen LogP contribution in [0.15, 0.2) is 24.0 Å². The van der Waals surface area contributed by atoms with Crippen molar-refractivity contribution in [3.8, 4) is 0 Å². The molecule has 1 aliphatic heterocycles. The summed E-state index contributed by atoms with van der Waals surface area (Å²) in [6, 6.07) is 2.75. The molecule has 5 rings (SSSR count). The number of aromatic nitrogens is 5. The molecule has 1 saturated heterocycles. The fourth-order valence-electron chi connectivity index (χ4n) is 4.44. The minimum absolute atomic E-state index is 0.497. The lowest BCUT2D eigenvalue weighted by molar-refractivity contribution is 0.238. The molecule has 0 radical (unpaired) electrons. The molecule has 0 amide bonds. The average molecular weight is 369 g/mol. The maximum Gasteiger partial charge on any atom is 0.165 e. The number of thiazole rings is 1. The molecule has 3 aromatic rings. The van der Waals surface area contributed by atoms with Crippen molar-refractivity contribution in [3.63, 3.8) is 0 Å². The second kappa shape index (κ2) is 5.99. The molecule has 0 bridgehead atoms. The Kier molecular flexibility index (Phi) is 3.72. The standard InChI is InChI=1S/C18H23N7S/c1-13-21-15(9-16-22-20-12-25(13)16)24-6-3-18(4-7-24)10-14(18)23(2)11-17-19-5-8-26-17/h5,8-9,12,14H,3-4,6-7,10-11H2,1-2H3. The van der Waals surface area contributed by atoms with Crippen LogP contribution in [0.1, 0.15) is 30.1 Å². The fourth-order valence-corrected chi connectivity index (χ4v) is 5.12. The Morgan fingerprint density at radius 2 is 2.19 bits per heavy atom. The molecule has 1 spiro atoms. The Bertz CT molecular complexity index is 911. The van der Waals surface area contributed by atoms with E-state index in [1.165, 1.54) is 24.3 Å². The number of anilines is 1. The molecule has 136 valence electrons. The van der Waals surface area contributed by atoms with Gasteiger partial charge in [-0.1, -0.05) is 0 Å². The molecule has 0 aromatic carbocycles. The number of nitrogens with zero attached hydrogens (tertiary/aromatic N) is 7. The predicted molar refractivity (Wildman–Crippen MR) is 101 cm³/mol. The Hall–Kier alpha value is -2.06. The van der Waals surface area contributed by atoms with Crippen LogP contribution in [0.4, 0.5) is 5.82 Å². The van der Waals surface area contributed by atoms with Gasteiger partial charge in [-0.25, -0.2) is 9.97 Å². The normalized spacial score (nSPS) is 21.8. The van der Waals surface area contributed by atoms with E-state index >= 15 is 0 Å². The van der Waals surface area contributed by atoms with E-state index < -0.39 is 0 Å². The van der Waals surface area contributed by atoms with E-state index in [9.17, 15) is 0 Å². The lowest BCUT2D eigenvalue weighted by atomic mass is 9.92. The van der Waals surface area contributed by atoms with E-state index in [2.05, 4.69) is 43.5 Å². The Morgan fingerprint density at radius 3 is 2.96 bits per heavy atom. The first kappa shape index (κ1) is 16.1. The summed E-state index contributed by atoms with van der Waals surface area (Å²) >= 11 is 1.75. The number of hydrogen-bond donors (Lipinski definition) is 0. The zero-order chi connectivity index (χ0) is 17.7. The summed E-state index contributed by atoms with van der Waals surface area (Å²) in [5.74, 6) is 1.97. The quantitative estimate of drug-likeness (QED) is 0.704. The molecule has 8 heteroatoms. The van der Waals surface area contributed by atoms with Gasteiger partial charge < -0.3 is 4.90 Å². The highest BCUT2D eigenvalue weighted by atomic mass is 32.1. The predicted octanol–water partition coefficient (Wildman–Crippen LogP) is 2.38. The minimum Gasteiger partial charge on any atom is -0.356 e. The molecular weight excluding hydrogens is 346 g/mol. The fraction of sp³-hybridized carbons (Fsp3) is 0.556. The summed E-state index contributed by atoms with van der Waals surface area (Å²) in [6.45, 7) is 5.12. The van der Waals surface area contributed by atoms with Crippen LogP contribution in [0.2, 0.25) is 0 Å². The van der Waals surface area contributed by atoms with E-state index in [1.807, 2.05) is 17.5 Å². The summed E-state index contributed by atoms with van der Waals surface area (Å²) in [4.78, 5) is 14.1. The van der Waals surface area contributed by atoms with Crippen molar-refractivity contribution >= 4 is 22.8 Å². The van der Waals surface area contributed by atoms with Crippen molar-refractivity contribution in [1.29, 1.82) is 0 Å². The van der Waals surface area contributed by atoms with Crippen LogP contribution in [0.5, 0.6) is 0 Å². The van der Waals surface area contributed by atoms with Crippen LogP contribution >= 0.6 is 11.3 Å². The molecule has 2 fully saturated rings. The Morgan fingerprint density at radius 1 is 1.35 bits per heavy atom. The molecule has 1 unspecified atom stereocenters. The molecule has 4 heterocycles. The first-order valence-corrected chi connectivity index (χ1v) is 10.0. The SMILES string of the molecule is Cc1nc(N2CCC3(CC2)CC3N(C)Cc2nccs2)cc2nncn12. The Labute approximate surface area is 156 Å². The number of piperidine rings is 1. The molecule has 3 aromatic heterocycles. The second-order valence-electron chi connectivity index (χ2n) is 7.63. The zero-order valence-electron chi connectivity index (χ0n) is 15.2. The molecule has 2 aliphatic rings. The molecule has 7 nitrogen and oxygen atoms in total. The molecule has 0 N–H and O–H groups in total. The van der Waals surface area contributed by atoms with Crippen molar-refractivity contribution in [3.05, 3.63) is 34.8 Å². The second-order valence-corrected chi connectivity index (χ2v) is 8.61. The van der Waals surface area contributed by atoms with Gasteiger partial charge in [0.25, 0.3) is 0 Å². The van der Waals surface area contributed by atoms with E-state index in [-0.39, 0.29) is 0 Å². The number of aryl methyl sites for hydroxylation is 1. The van der Waals surface area contributed by atoms with Crippen LogP contribution in [-0.2, 0) is 6.54 Å². The van der Waals surface area contributed by atoms with Crippen LogP contribution in [0.3, 0.4) is 0 Å². The van der Waals surface area contributed by atoms with Gasteiger partial charge in [0.05, 0.1) is 6.54 Å². The van der Waals surface area contributed by atoms with Gasteiger partial charge in [-0.05, 0) is 38.6 Å². The maximum atomic E-state index is 4.76. The third kappa shape index (κ3) is 2.68. The summed E-state index contributed by atoms with van der Waals surface area (Å²) in [7, 11) is 2.25. The van der Waals surface area contributed by atoms with E-state index in [4.69, 9.17) is 4.98 Å². The lowest BCUT2D eigenvalue weighted by Gasteiger charge is -2.35. The zero-order valence-corrected chi connectivity index (χ0v) is 16.0. The van der Waals surface area contributed by atoms with Crippen LogP contribution in [0.25, 0.3) is 5.65 Å². The first-order valence-electron chi connectivity index (χ1n) is 9.16. The smallest absolute Gasteiger partial charge is 0.165 e. The monoisotopic (exact) mass is 369 g/mol. The topological polar surface area (TPSA) is 62.5 Å². The summed E-state index contributed by atoms with van der Waals surface area (Å²) in [6.07, 6.45) is 7.41. The highest BCUT2D eigenvalue weighted by Gasteiger charge is 2.56. The van der Waals surface area contributed by atoms with E-state index in [0.29, 0.717) is 11.5 Å². The van der Waals surface area contributed by atoms with Crippen LogP contribution in [-0.4, -0.2) is 55.6 Å². The van der Waals surface area contributed by atoms with Crippen molar-refractivity contribution in [2.24, 2.45) is 5.41 Å². The van der Waals surface area contributed by atoms with Crippen LogP contribution in [0, 0.1) is 12.3 Å². The van der Waals surface area contributed by atoms with E-state index in [1.54, 1.807) is 17.7 Å². The summed E-state index contributed by atoms with van der Waals surface area (Å²) < 4.78 is 1.93. The maximum absolute atomic E-state index is 4.76. The van der Waals surface area contributed by atoms with Gasteiger partial charge in [0.2, 0.25) is 0 Å². The van der Waals surface area contributed by atoms with Crippen molar-refractivity contribution < 1.29 is 0 Å². The third-order valence-corrected chi connectivity index (χ3v) is 6.85. The molecule has 1 aliphatic carbocycles. The van der Waals surface area contributed by atoms with Gasteiger partial charge in [0.15, 0.2) is 5.65 Å². The van der Waals surface area contributed by atoms with Gasteiger partial charge in [-0.3, -0.25) is 9.30 Å². The van der Waals surface area contributed by atoms with Gasteiger partial charge in [0.1, 0.15) is 23.0 Å². The average Bonchev–Trinajstić information content (AvgIpc) is 3.02. The van der Waals surface area contributed by atoms with Crippen molar-refractivity contribution in [2.75, 3.05) is 25.0 Å². The van der Waals surface area contributed by atoms with Gasteiger partial charge >= 0.3 is 0 Å². The largest absolute Gasteiger partial charge is 0.356 e. The van der Waals surface area contributed by atoms with Gasteiger partial charge in [0, 0.05) is 36.8 Å².